The van der Waals surface area contributed by atoms with Crippen molar-refractivity contribution in [1.82, 2.24) is 0 Å². The van der Waals surface area contributed by atoms with Gasteiger partial charge in [0.05, 0.1) is 6.61 Å². The van der Waals surface area contributed by atoms with Crippen LogP contribution in [-0.2, 0) is 0 Å². The highest BCUT2D eigenvalue weighted by atomic mass is 16.5. The molecule has 1 aromatic carbocycles. The Labute approximate surface area is 86.1 Å². The van der Waals surface area contributed by atoms with Gasteiger partial charge in [0.25, 0.3) is 0 Å². The highest BCUT2D eigenvalue weighted by Gasteiger charge is 2.16. The molecule has 14 heavy (non-hydrogen) atoms. The molecule has 1 rings (SSSR count). The summed E-state index contributed by atoms with van der Waals surface area (Å²) in [5, 5.41) is 0. The molecule has 0 heterocycles. The van der Waals surface area contributed by atoms with E-state index in [9.17, 15) is 0 Å². The molecule has 0 fully saturated rings. The zero-order valence-electron chi connectivity index (χ0n) is 9.21. The SMILES string of the molecule is Cc1ccccc1OCC(C)(C)CN. The van der Waals surface area contributed by atoms with Crippen LogP contribution in [0.15, 0.2) is 24.3 Å². The molecule has 0 unspecified atom stereocenters. The predicted molar refractivity (Wildman–Crippen MR) is 59.5 cm³/mol. The van der Waals surface area contributed by atoms with Crippen molar-refractivity contribution in [3.05, 3.63) is 29.8 Å². The zero-order valence-corrected chi connectivity index (χ0v) is 9.21. The second-order valence-corrected chi connectivity index (χ2v) is 4.42. The molecule has 78 valence electrons. The second kappa shape index (κ2) is 4.47. The van der Waals surface area contributed by atoms with E-state index in [0.29, 0.717) is 13.2 Å². The highest BCUT2D eigenvalue weighted by Crippen LogP contribution is 2.20. The smallest absolute Gasteiger partial charge is 0.122 e. The van der Waals surface area contributed by atoms with Crippen molar-refractivity contribution in [2.24, 2.45) is 11.1 Å². The highest BCUT2D eigenvalue weighted by molar-refractivity contribution is 5.31. The lowest BCUT2D eigenvalue weighted by atomic mass is 9.95. The van der Waals surface area contributed by atoms with E-state index in [1.165, 1.54) is 5.56 Å². The van der Waals surface area contributed by atoms with Gasteiger partial charge in [0.2, 0.25) is 0 Å². The van der Waals surface area contributed by atoms with Crippen molar-refractivity contribution in [2.45, 2.75) is 20.8 Å². The summed E-state index contributed by atoms with van der Waals surface area (Å²) < 4.78 is 5.71. The van der Waals surface area contributed by atoms with Gasteiger partial charge in [-0.05, 0) is 18.6 Å². The van der Waals surface area contributed by atoms with E-state index >= 15 is 0 Å². The first-order valence-corrected chi connectivity index (χ1v) is 4.94. The van der Waals surface area contributed by atoms with Gasteiger partial charge in [-0.3, -0.25) is 0 Å². The van der Waals surface area contributed by atoms with Gasteiger partial charge in [-0.15, -0.1) is 0 Å². The quantitative estimate of drug-likeness (QED) is 0.796. The molecule has 0 aliphatic rings. The molecule has 0 bridgehead atoms. The number of aryl methyl sites for hydroxylation is 1. The minimum Gasteiger partial charge on any atom is -0.493 e. The molecule has 0 saturated carbocycles. The van der Waals surface area contributed by atoms with Crippen molar-refractivity contribution in [3.8, 4) is 5.75 Å². The van der Waals surface area contributed by atoms with E-state index in [1.54, 1.807) is 0 Å². The van der Waals surface area contributed by atoms with Crippen LogP contribution in [-0.4, -0.2) is 13.2 Å². The van der Waals surface area contributed by atoms with E-state index in [0.717, 1.165) is 5.75 Å². The van der Waals surface area contributed by atoms with E-state index in [4.69, 9.17) is 10.5 Å². The summed E-state index contributed by atoms with van der Waals surface area (Å²) in [4.78, 5) is 0. The fourth-order valence-electron chi connectivity index (χ4n) is 1.05. The van der Waals surface area contributed by atoms with Crippen LogP contribution in [0.25, 0.3) is 0 Å². The van der Waals surface area contributed by atoms with Crippen LogP contribution >= 0.6 is 0 Å². The number of ether oxygens (including phenoxy) is 1. The van der Waals surface area contributed by atoms with Gasteiger partial charge < -0.3 is 10.5 Å². The fraction of sp³-hybridized carbons (Fsp3) is 0.500. The van der Waals surface area contributed by atoms with Crippen LogP contribution in [0.2, 0.25) is 0 Å². The molecule has 2 N–H and O–H groups in total. The van der Waals surface area contributed by atoms with E-state index in [-0.39, 0.29) is 5.41 Å². The first-order valence-electron chi connectivity index (χ1n) is 4.94. The number of rotatable bonds is 4. The van der Waals surface area contributed by atoms with Crippen LogP contribution < -0.4 is 10.5 Å². The van der Waals surface area contributed by atoms with E-state index in [1.807, 2.05) is 31.2 Å². The topological polar surface area (TPSA) is 35.2 Å². The molecule has 2 heteroatoms. The van der Waals surface area contributed by atoms with Gasteiger partial charge in [0, 0.05) is 12.0 Å². The van der Waals surface area contributed by atoms with Crippen molar-refractivity contribution in [2.75, 3.05) is 13.2 Å². The Kier molecular flexibility index (Phi) is 3.53. The average molecular weight is 193 g/mol. The predicted octanol–water partition coefficient (Wildman–Crippen LogP) is 2.36. The molecular weight excluding hydrogens is 174 g/mol. The van der Waals surface area contributed by atoms with Crippen molar-refractivity contribution >= 4 is 0 Å². The standard InChI is InChI=1S/C12H19NO/c1-10-6-4-5-7-11(10)14-9-12(2,3)8-13/h4-7H,8-9,13H2,1-3H3. The lowest BCUT2D eigenvalue weighted by Crippen LogP contribution is -2.30. The van der Waals surface area contributed by atoms with E-state index < -0.39 is 0 Å². The largest absolute Gasteiger partial charge is 0.493 e. The summed E-state index contributed by atoms with van der Waals surface area (Å²) in [6.45, 7) is 7.55. The number of para-hydroxylation sites is 1. The Balaban J connectivity index is 2.58. The molecule has 0 atom stereocenters. The Hall–Kier alpha value is -1.02. The third-order valence-electron chi connectivity index (χ3n) is 2.26. The first-order chi connectivity index (χ1) is 6.55. The maximum absolute atomic E-state index is 5.71. The first kappa shape index (κ1) is 11.1. The average Bonchev–Trinajstić information content (AvgIpc) is 2.17. The summed E-state index contributed by atoms with van der Waals surface area (Å²) >= 11 is 0. The zero-order chi connectivity index (χ0) is 10.6. The van der Waals surface area contributed by atoms with Gasteiger partial charge in [-0.25, -0.2) is 0 Å². The van der Waals surface area contributed by atoms with Gasteiger partial charge >= 0.3 is 0 Å². The molecule has 0 amide bonds. The number of hydrogen-bond acceptors (Lipinski definition) is 2. The lowest BCUT2D eigenvalue weighted by Gasteiger charge is -2.23. The van der Waals surface area contributed by atoms with Gasteiger partial charge in [0.1, 0.15) is 5.75 Å². The molecule has 0 aromatic heterocycles. The molecule has 0 saturated heterocycles. The van der Waals surface area contributed by atoms with Gasteiger partial charge in [-0.2, -0.15) is 0 Å². The molecule has 0 spiro atoms. The van der Waals surface area contributed by atoms with Crippen LogP contribution in [0.3, 0.4) is 0 Å². The summed E-state index contributed by atoms with van der Waals surface area (Å²) in [5.41, 5.74) is 6.84. The fourth-order valence-corrected chi connectivity index (χ4v) is 1.05. The van der Waals surface area contributed by atoms with Crippen molar-refractivity contribution < 1.29 is 4.74 Å². The minimum absolute atomic E-state index is 0.0439. The number of nitrogens with two attached hydrogens (primary N) is 1. The summed E-state index contributed by atoms with van der Waals surface area (Å²) in [7, 11) is 0. The summed E-state index contributed by atoms with van der Waals surface area (Å²) in [6.07, 6.45) is 0. The Bertz CT molecular complexity index is 294. The molecule has 0 aliphatic heterocycles. The summed E-state index contributed by atoms with van der Waals surface area (Å²) in [6, 6.07) is 8.03. The van der Waals surface area contributed by atoms with Crippen molar-refractivity contribution in [1.29, 1.82) is 0 Å². The van der Waals surface area contributed by atoms with Gasteiger partial charge in [0.15, 0.2) is 0 Å². The lowest BCUT2D eigenvalue weighted by molar-refractivity contribution is 0.186. The molecule has 1 aromatic rings. The third kappa shape index (κ3) is 3.04. The molecule has 0 aliphatic carbocycles. The normalized spacial score (nSPS) is 11.4. The maximum Gasteiger partial charge on any atom is 0.122 e. The third-order valence-corrected chi connectivity index (χ3v) is 2.26. The minimum atomic E-state index is 0.0439. The monoisotopic (exact) mass is 193 g/mol. The Morgan fingerprint density at radius 2 is 1.93 bits per heavy atom. The Morgan fingerprint density at radius 3 is 2.50 bits per heavy atom. The molecular formula is C12H19NO. The van der Waals surface area contributed by atoms with Crippen LogP contribution in [0, 0.1) is 12.3 Å². The maximum atomic E-state index is 5.71. The number of hydrogen-bond donors (Lipinski definition) is 1. The van der Waals surface area contributed by atoms with Gasteiger partial charge in [-0.1, -0.05) is 32.0 Å². The molecule has 2 nitrogen and oxygen atoms in total. The number of benzene rings is 1. The second-order valence-electron chi connectivity index (χ2n) is 4.42. The Morgan fingerprint density at radius 1 is 1.29 bits per heavy atom. The summed E-state index contributed by atoms with van der Waals surface area (Å²) in [5.74, 6) is 0.953. The molecule has 0 radical (unpaired) electrons. The van der Waals surface area contributed by atoms with Crippen LogP contribution in [0.1, 0.15) is 19.4 Å². The van der Waals surface area contributed by atoms with Crippen LogP contribution in [0.4, 0.5) is 0 Å². The van der Waals surface area contributed by atoms with Crippen molar-refractivity contribution in [3.63, 3.8) is 0 Å². The van der Waals surface area contributed by atoms with E-state index in [2.05, 4.69) is 13.8 Å². The van der Waals surface area contributed by atoms with Crippen LogP contribution in [0.5, 0.6) is 5.75 Å².